The van der Waals surface area contributed by atoms with Crippen LogP contribution in [0.2, 0.25) is 0 Å². The summed E-state index contributed by atoms with van der Waals surface area (Å²) in [6, 6.07) is 8.48. The summed E-state index contributed by atoms with van der Waals surface area (Å²) >= 11 is 1.71. The molecule has 2 aliphatic rings. The molecule has 23 heavy (non-hydrogen) atoms. The van der Waals surface area contributed by atoms with E-state index in [1.165, 1.54) is 10.1 Å². The minimum absolute atomic E-state index is 0.0796. The average Bonchev–Trinajstić information content (AvgIpc) is 3.10. The molecule has 122 valence electrons. The van der Waals surface area contributed by atoms with Crippen LogP contribution in [-0.2, 0) is 10.3 Å². The molecule has 3 heterocycles. The number of hydrogen-bond acceptors (Lipinski definition) is 4. The second-order valence-electron chi connectivity index (χ2n) is 6.60. The van der Waals surface area contributed by atoms with Gasteiger partial charge in [0.1, 0.15) is 0 Å². The summed E-state index contributed by atoms with van der Waals surface area (Å²) in [5, 5.41) is 14.5. The third-order valence-corrected chi connectivity index (χ3v) is 6.13. The monoisotopic (exact) mass is 331 g/mol. The normalized spacial score (nSPS) is 29.9. The van der Waals surface area contributed by atoms with Crippen molar-refractivity contribution in [2.75, 3.05) is 6.61 Å². The van der Waals surface area contributed by atoms with Crippen LogP contribution in [0.25, 0.3) is 10.1 Å². The van der Waals surface area contributed by atoms with E-state index in [2.05, 4.69) is 23.6 Å². The first-order valence-electron chi connectivity index (χ1n) is 8.26. The molecule has 4 rings (SSSR count). The molecule has 2 bridgehead atoms. The zero-order valence-corrected chi connectivity index (χ0v) is 14.0. The molecule has 1 aromatic heterocycles. The van der Waals surface area contributed by atoms with Gasteiger partial charge in [-0.2, -0.15) is 0 Å². The lowest BCUT2D eigenvalue weighted by Gasteiger charge is -2.43. The van der Waals surface area contributed by atoms with Gasteiger partial charge in [0.25, 0.3) is 0 Å². The van der Waals surface area contributed by atoms with Gasteiger partial charge in [-0.15, -0.1) is 11.3 Å². The molecule has 5 heteroatoms. The highest BCUT2D eigenvalue weighted by Gasteiger charge is 2.50. The minimum Gasteiger partial charge on any atom is -0.450 e. The number of piperidine rings is 1. The fourth-order valence-corrected chi connectivity index (χ4v) is 4.98. The van der Waals surface area contributed by atoms with Gasteiger partial charge in [-0.05, 0) is 54.3 Å². The zero-order valence-electron chi connectivity index (χ0n) is 13.2. The number of rotatable bonds is 2. The van der Waals surface area contributed by atoms with Gasteiger partial charge < -0.3 is 14.7 Å². The van der Waals surface area contributed by atoms with E-state index < -0.39 is 5.60 Å². The van der Waals surface area contributed by atoms with Crippen LogP contribution >= 0.6 is 11.3 Å². The van der Waals surface area contributed by atoms with Gasteiger partial charge >= 0.3 is 6.09 Å². The third-order valence-electron chi connectivity index (χ3n) is 5.23. The Kier molecular flexibility index (Phi) is 3.58. The topological polar surface area (TPSA) is 49.8 Å². The molecule has 4 nitrogen and oxygen atoms in total. The van der Waals surface area contributed by atoms with Crippen molar-refractivity contribution < 1.29 is 14.6 Å². The van der Waals surface area contributed by atoms with E-state index in [-0.39, 0.29) is 18.2 Å². The summed E-state index contributed by atoms with van der Waals surface area (Å²) in [6.45, 7) is 2.23. The van der Waals surface area contributed by atoms with Gasteiger partial charge in [-0.25, -0.2) is 4.79 Å². The van der Waals surface area contributed by atoms with E-state index in [0.29, 0.717) is 19.4 Å². The Morgan fingerprint density at radius 2 is 2.09 bits per heavy atom. The van der Waals surface area contributed by atoms with Crippen molar-refractivity contribution in [2.45, 2.75) is 50.3 Å². The molecular weight excluding hydrogens is 310 g/mol. The quantitative estimate of drug-likeness (QED) is 0.909. The highest BCUT2D eigenvalue weighted by molar-refractivity contribution is 7.17. The first-order valence-corrected chi connectivity index (χ1v) is 9.14. The maximum Gasteiger partial charge on any atom is 0.410 e. The van der Waals surface area contributed by atoms with Crippen molar-refractivity contribution >= 4 is 27.5 Å². The second-order valence-corrected chi connectivity index (χ2v) is 7.55. The largest absolute Gasteiger partial charge is 0.450 e. The molecule has 0 aliphatic carbocycles. The SMILES string of the molecule is CCOC(=O)N1C2CCC1CC(O)(c1ccc3sccc3c1)C2. The van der Waals surface area contributed by atoms with E-state index in [9.17, 15) is 9.90 Å². The van der Waals surface area contributed by atoms with E-state index in [4.69, 9.17) is 4.74 Å². The highest BCUT2D eigenvalue weighted by atomic mass is 32.1. The lowest BCUT2D eigenvalue weighted by atomic mass is 9.80. The number of thiophene rings is 1. The number of benzene rings is 1. The number of fused-ring (bicyclic) bond motifs is 3. The van der Waals surface area contributed by atoms with E-state index >= 15 is 0 Å². The molecule has 2 saturated heterocycles. The first-order chi connectivity index (χ1) is 11.1. The van der Waals surface area contributed by atoms with Crippen LogP contribution in [0.15, 0.2) is 29.6 Å². The molecule has 2 fully saturated rings. The molecule has 2 unspecified atom stereocenters. The molecule has 2 atom stereocenters. The van der Waals surface area contributed by atoms with Crippen molar-refractivity contribution in [3.05, 3.63) is 35.2 Å². The van der Waals surface area contributed by atoms with E-state index in [1.807, 2.05) is 17.9 Å². The fraction of sp³-hybridized carbons (Fsp3) is 0.500. The third kappa shape index (κ3) is 2.42. The maximum absolute atomic E-state index is 12.2. The number of ether oxygens (including phenoxy) is 1. The van der Waals surface area contributed by atoms with Crippen LogP contribution in [-0.4, -0.2) is 34.8 Å². The predicted molar refractivity (Wildman–Crippen MR) is 90.6 cm³/mol. The predicted octanol–water partition coefficient (Wildman–Crippen LogP) is 3.87. The van der Waals surface area contributed by atoms with Gasteiger partial charge in [0.15, 0.2) is 0 Å². The Bertz CT molecular complexity index is 727. The highest BCUT2D eigenvalue weighted by Crippen LogP contribution is 2.46. The van der Waals surface area contributed by atoms with E-state index in [1.54, 1.807) is 11.3 Å². The molecule has 1 aromatic carbocycles. The summed E-state index contributed by atoms with van der Waals surface area (Å²) in [7, 11) is 0. The van der Waals surface area contributed by atoms with Gasteiger partial charge in [0, 0.05) is 29.6 Å². The summed E-state index contributed by atoms with van der Waals surface area (Å²) in [4.78, 5) is 14.0. The molecule has 0 radical (unpaired) electrons. The number of hydrogen-bond donors (Lipinski definition) is 1. The van der Waals surface area contributed by atoms with E-state index in [0.717, 1.165) is 18.4 Å². The smallest absolute Gasteiger partial charge is 0.410 e. The Morgan fingerprint density at radius 1 is 1.35 bits per heavy atom. The standard InChI is InChI=1S/C18H21NO3S/c1-2-22-17(20)19-14-4-5-15(19)11-18(21,10-14)13-3-6-16-12(9-13)7-8-23-16/h3,6-9,14-15,21H,2,4-5,10-11H2,1H3. The first kappa shape index (κ1) is 15.0. The molecule has 1 N–H and O–H groups in total. The zero-order chi connectivity index (χ0) is 16.0. The van der Waals surface area contributed by atoms with Crippen molar-refractivity contribution in [2.24, 2.45) is 0 Å². The Morgan fingerprint density at radius 3 is 2.78 bits per heavy atom. The average molecular weight is 331 g/mol. The molecular formula is C18H21NO3S. The lowest BCUT2D eigenvalue weighted by molar-refractivity contribution is -0.0524. The van der Waals surface area contributed by atoms with Gasteiger partial charge in [-0.1, -0.05) is 6.07 Å². The van der Waals surface area contributed by atoms with Crippen LogP contribution in [0.5, 0.6) is 0 Å². The van der Waals surface area contributed by atoms with Crippen LogP contribution in [0.4, 0.5) is 4.79 Å². The summed E-state index contributed by atoms with van der Waals surface area (Å²) < 4.78 is 6.43. The summed E-state index contributed by atoms with van der Waals surface area (Å²) in [5.74, 6) is 0. The minimum atomic E-state index is -0.842. The second kappa shape index (κ2) is 5.49. The Labute approximate surface area is 139 Å². The Balaban J connectivity index is 1.62. The molecule has 0 spiro atoms. The maximum atomic E-state index is 12.2. The van der Waals surface area contributed by atoms with Gasteiger partial charge in [-0.3, -0.25) is 0 Å². The number of amides is 1. The van der Waals surface area contributed by atoms with Gasteiger partial charge in [0.05, 0.1) is 12.2 Å². The molecule has 2 aliphatic heterocycles. The lowest BCUT2D eigenvalue weighted by Crippen LogP contribution is -2.52. The van der Waals surface area contributed by atoms with Crippen LogP contribution < -0.4 is 0 Å². The van der Waals surface area contributed by atoms with Crippen LogP contribution in [0.3, 0.4) is 0 Å². The molecule has 0 saturated carbocycles. The van der Waals surface area contributed by atoms with Crippen molar-refractivity contribution in [1.29, 1.82) is 0 Å². The van der Waals surface area contributed by atoms with Crippen LogP contribution in [0, 0.1) is 0 Å². The van der Waals surface area contributed by atoms with Gasteiger partial charge in [0.2, 0.25) is 0 Å². The number of aliphatic hydroxyl groups is 1. The molecule has 2 aromatic rings. The van der Waals surface area contributed by atoms with Crippen LogP contribution in [0.1, 0.15) is 38.2 Å². The summed E-state index contributed by atoms with van der Waals surface area (Å²) in [6.07, 6.45) is 2.87. The Hall–Kier alpha value is -1.59. The number of carbonyl (C=O) groups excluding carboxylic acids is 1. The van der Waals surface area contributed by atoms with Crippen molar-refractivity contribution in [3.8, 4) is 0 Å². The number of carbonyl (C=O) groups is 1. The fourth-order valence-electron chi connectivity index (χ4n) is 4.21. The molecule has 1 amide bonds. The van der Waals surface area contributed by atoms with Crippen molar-refractivity contribution in [3.63, 3.8) is 0 Å². The number of nitrogens with zero attached hydrogens (tertiary/aromatic N) is 1. The summed E-state index contributed by atoms with van der Waals surface area (Å²) in [5.41, 5.74) is 0.133. The van der Waals surface area contributed by atoms with Crippen molar-refractivity contribution in [1.82, 2.24) is 4.90 Å².